The molecule has 9 heteroatoms. The molecule has 1 aromatic carbocycles. The van der Waals surface area contributed by atoms with Crippen LogP contribution >= 0.6 is 15.9 Å². The fourth-order valence-electron chi connectivity index (χ4n) is 4.84. The van der Waals surface area contributed by atoms with Gasteiger partial charge in [-0.2, -0.15) is 0 Å². The van der Waals surface area contributed by atoms with Crippen LogP contribution in [0.4, 0.5) is 11.4 Å². The quantitative estimate of drug-likeness (QED) is 0.456. The summed E-state index contributed by atoms with van der Waals surface area (Å²) in [5.41, 5.74) is 5.71. The van der Waals surface area contributed by atoms with Crippen LogP contribution in [-0.2, 0) is 16.0 Å². The first-order valence-corrected chi connectivity index (χ1v) is 12.9. The molecule has 0 saturated heterocycles. The average molecular weight is 542 g/mol. The molecule has 186 valence electrons. The standard InChI is InChI=1S/C26H32BrN5O3/c1-5-31(6-2)10-11-32-9-7-8-21-23(26(32)35)15(3)22(29-21)14-19-18-12-17(28-16(4)33)13-20(27)24(18)30-25(19)34/h12-14,29H,5-11H2,1-4H3,(H,28,33)(H,30,34)/b19-14-. The van der Waals surface area contributed by atoms with E-state index in [4.69, 9.17) is 0 Å². The second-order valence-electron chi connectivity index (χ2n) is 9.01. The summed E-state index contributed by atoms with van der Waals surface area (Å²) in [5, 5.41) is 5.68. The van der Waals surface area contributed by atoms with Gasteiger partial charge in [-0.25, -0.2) is 0 Å². The monoisotopic (exact) mass is 541 g/mol. The minimum atomic E-state index is -0.225. The molecule has 0 radical (unpaired) electrons. The number of amides is 3. The highest BCUT2D eigenvalue weighted by Gasteiger charge is 2.30. The second-order valence-corrected chi connectivity index (χ2v) is 9.87. The summed E-state index contributed by atoms with van der Waals surface area (Å²) in [6.07, 6.45) is 3.49. The molecule has 4 rings (SSSR count). The van der Waals surface area contributed by atoms with Gasteiger partial charge in [-0.05, 0) is 72.6 Å². The Balaban J connectivity index is 1.67. The van der Waals surface area contributed by atoms with Crippen LogP contribution in [0.1, 0.15) is 60.1 Å². The summed E-state index contributed by atoms with van der Waals surface area (Å²) in [6, 6.07) is 3.55. The Hall–Kier alpha value is -2.91. The van der Waals surface area contributed by atoms with Crippen molar-refractivity contribution in [2.24, 2.45) is 0 Å². The van der Waals surface area contributed by atoms with E-state index >= 15 is 0 Å². The van der Waals surface area contributed by atoms with Crippen LogP contribution in [0.3, 0.4) is 0 Å². The number of aromatic nitrogens is 1. The zero-order valence-electron chi connectivity index (χ0n) is 20.7. The van der Waals surface area contributed by atoms with E-state index in [1.807, 2.05) is 17.9 Å². The Morgan fingerprint density at radius 2 is 2.00 bits per heavy atom. The molecule has 3 heterocycles. The molecule has 3 N–H and O–H groups in total. The number of hydrogen-bond donors (Lipinski definition) is 3. The van der Waals surface area contributed by atoms with Gasteiger partial charge in [-0.15, -0.1) is 0 Å². The van der Waals surface area contributed by atoms with Gasteiger partial charge in [0.05, 0.1) is 16.8 Å². The Labute approximate surface area is 214 Å². The number of hydrogen-bond acceptors (Lipinski definition) is 4. The average Bonchev–Trinajstić information content (AvgIpc) is 3.23. The van der Waals surface area contributed by atoms with Crippen LogP contribution < -0.4 is 10.6 Å². The molecule has 35 heavy (non-hydrogen) atoms. The van der Waals surface area contributed by atoms with Crippen LogP contribution in [0.2, 0.25) is 0 Å². The Morgan fingerprint density at radius 3 is 2.69 bits per heavy atom. The SMILES string of the molecule is CCN(CC)CCN1CCCc2[nH]c(/C=C3\C(=O)Nc4c(Br)cc(NC(C)=O)cc43)c(C)c2C1=O. The zero-order chi connectivity index (χ0) is 25.3. The van der Waals surface area contributed by atoms with E-state index in [0.29, 0.717) is 33.5 Å². The van der Waals surface area contributed by atoms with E-state index in [2.05, 4.69) is 50.3 Å². The minimum Gasteiger partial charge on any atom is -0.358 e. The molecule has 8 nitrogen and oxygen atoms in total. The van der Waals surface area contributed by atoms with Crippen LogP contribution in [0.5, 0.6) is 0 Å². The molecule has 2 aromatic rings. The lowest BCUT2D eigenvalue weighted by molar-refractivity contribution is -0.114. The molecule has 0 bridgehead atoms. The van der Waals surface area contributed by atoms with Crippen molar-refractivity contribution in [2.75, 3.05) is 43.4 Å². The highest BCUT2D eigenvalue weighted by atomic mass is 79.9. The number of aromatic amines is 1. The van der Waals surface area contributed by atoms with Crippen LogP contribution in [-0.4, -0.2) is 65.2 Å². The van der Waals surface area contributed by atoms with Gasteiger partial charge < -0.3 is 25.4 Å². The third kappa shape index (κ3) is 5.06. The van der Waals surface area contributed by atoms with Crippen molar-refractivity contribution < 1.29 is 14.4 Å². The van der Waals surface area contributed by atoms with Gasteiger partial charge in [-0.3, -0.25) is 14.4 Å². The normalized spacial score (nSPS) is 16.4. The summed E-state index contributed by atoms with van der Waals surface area (Å²) in [4.78, 5) is 45.6. The van der Waals surface area contributed by atoms with Crippen molar-refractivity contribution in [1.82, 2.24) is 14.8 Å². The summed E-state index contributed by atoms with van der Waals surface area (Å²) in [7, 11) is 0. The number of carbonyl (C=O) groups excluding carboxylic acids is 3. The maximum atomic E-state index is 13.5. The molecule has 2 aliphatic rings. The van der Waals surface area contributed by atoms with E-state index < -0.39 is 0 Å². The van der Waals surface area contributed by atoms with Crippen molar-refractivity contribution in [1.29, 1.82) is 0 Å². The molecule has 0 atom stereocenters. The maximum absolute atomic E-state index is 13.5. The highest BCUT2D eigenvalue weighted by molar-refractivity contribution is 9.10. The lowest BCUT2D eigenvalue weighted by atomic mass is 10.0. The predicted molar refractivity (Wildman–Crippen MR) is 142 cm³/mol. The molecule has 0 saturated carbocycles. The summed E-state index contributed by atoms with van der Waals surface area (Å²) in [6.45, 7) is 11.9. The lowest BCUT2D eigenvalue weighted by Crippen LogP contribution is -2.38. The molecule has 0 aliphatic carbocycles. The van der Waals surface area contributed by atoms with Crippen molar-refractivity contribution >= 4 is 56.7 Å². The maximum Gasteiger partial charge on any atom is 0.256 e. The zero-order valence-corrected chi connectivity index (χ0v) is 22.3. The Morgan fingerprint density at radius 1 is 1.26 bits per heavy atom. The number of aryl methyl sites for hydroxylation is 1. The molecule has 2 aliphatic heterocycles. The molecular weight excluding hydrogens is 510 g/mol. The van der Waals surface area contributed by atoms with E-state index in [-0.39, 0.29) is 17.7 Å². The number of fused-ring (bicyclic) bond motifs is 2. The van der Waals surface area contributed by atoms with E-state index in [1.54, 1.807) is 12.1 Å². The van der Waals surface area contributed by atoms with Gasteiger partial charge in [0, 0.05) is 53.7 Å². The number of nitrogens with one attached hydrogen (secondary N) is 3. The molecule has 0 spiro atoms. The van der Waals surface area contributed by atoms with Crippen molar-refractivity contribution in [3.05, 3.63) is 44.7 Å². The number of nitrogens with zero attached hydrogens (tertiary/aromatic N) is 2. The minimum absolute atomic E-state index is 0.0509. The third-order valence-corrected chi connectivity index (χ3v) is 7.40. The number of likely N-dealkylation sites (N-methyl/N-ethyl adjacent to an activating group) is 1. The largest absolute Gasteiger partial charge is 0.358 e. The molecule has 1 aromatic heterocycles. The number of halogens is 1. The summed E-state index contributed by atoms with van der Waals surface area (Å²) in [5.74, 6) is -0.361. The first-order chi connectivity index (χ1) is 16.7. The Bertz CT molecular complexity index is 1210. The third-order valence-electron chi connectivity index (χ3n) is 6.78. The van der Waals surface area contributed by atoms with Gasteiger partial charge in [0.15, 0.2) is 0 Å². The molecular formula is C26H32BrN5O3. The van der Waals surface area contributed by atoms with Gasteiger partial charge in [0.25, 0.3) is 11.8 Å². The number of carbonyl (C=O) groups is 3. The molecule has 0 unspecified atom stereocenters. The van der Waals surface area contributed by atoms with Gasteiger partial charge in [0.2, 0.25) is 5.91 Å². The van der Waals surface area contributed by atoms with Gasteiger partial charge >= 0.3 is 0 Å². The first-order valence-electron chi connectivity index (χ1n) is 12.1. The van der Waals surface area contributed by atoms with E-state index in [0.717, 1.165) is 61.5 Å². The smallest absolute Gasteiger partial charge is 0.256 e. The van der Waals surface area contributed by atoms with Gasteiger partial charge in [0.1, 0.15) is 0 Å². The van der Waals surface area contributed by atoms with E-state index in [9.17, 15) is 14.4 Å². The second kappa shape index (κ2) is 10.4. The van der Waals surface area contributed by atoms with Crippen LogP contribution in [0.25, 0.3) is 11.6 Å². The van der Waals surface area contributed by atoms with Crippen molar-refractivity contribution in [3.8, 4) is 0 Å². The van der Waals surface area contributed by atoms with Crippen molar-refractivity contribution in [2.45, 2.75) is 40.5 Å². The molecule has 0 fully saturated rings. The first kappa shape index (κ1) is 25.2. The number of H-pyrrole nitrogens is 1. The summed E-state index contributed by atoms with van der Waals surface area (Å²) < 4.78 is 0.688. The topological polar surface area (TPSA) is 97.5 Å². The molecule has 3 amide bonds. The lowest BCUT2D eigenvalue weighted by Gasteiger charge is -2.25. The predicted octanol–water partition coefficient (Wildman–Crippen LogP) is 4.27. The van der Waals surface area contributed by atoms with Crippen molar-refractivity contribution in [3.63, 3.8) is 0 Å². The van der Waals surface area contributed by atoms with Gasteiger partial charge in [-0.1, -0.05) is 13.8 Å². The summed E-state index contributed by atoms with van der Waals surface area (Å²) >= 11 is 3.49. The van der Waals surface area contributed by atoms with E-state index in [1.165, 1.54) is 6.92 Å². The fraction of sp³-hybridized carbons (Fsp3) is 0.423. The Kier molecular flexibility index (Phi) is 7.47. The van der Waals surface area contributed by atoms with Crippen LogP contribution in [0.15, 0.2) is 16.6 Å². The number of benzene rings is 1. The fourth-order valence-corrected chi connectivity index (χ4v) is 5.39. The number of rotatable bonds is 7. The highest BCUT2D eigenvalue weighted by Crippen LogP contribution is 2.41. The van der Waals surface area contributed by atoms with Crippen LogP contribution in [0, 0.1) is 6.92 Å². The number of anilines is 2.